The normalized spacial score (nSPS) is 22.0. The Morgan fingerprint density at radius 1 is 1.11 bits per heavy atom. The Hall–Kier alpha value is -1.77. The molecule has 2 unspecified atom stereocenters. The van der Waals surface area contributed by atoms with Gasteiger partial charge in [0.2, 0.25) is 0 Å². The Bertz CT molecular complexity index is 785. The zero-order chi connectivity index (χ0) is 20.9. The molecule has 10 heteroatoms. The summed E-state index contributed by atoms with van der Waals surface area (Å²) in [7, 11) is 0. The van der Waals surface area contributed by atoms with E-state index in [9.17, 15) is 35.5 Å². The summed E-state index contributed by atoms with van der Waals surface area (Å²) >= 11 is 5.16. The van der Waals surface area contributed by atoms with Crippen molar-refractivity contribution in [2.45, 2.75) is 33.6 Å². The molecule has 2 rings (SSSR count). The molecule has 0 aromatic heterocycles. The van der Waals surface area contributed by atoms with Crippen LogP contribution >= 0.6 is 11.6 Å². The minimum Gasteiger partial charge on any atom is -0.460 e. The molecule has 2 nitrogen and oxygen atoms in total. The summed E-state index contributed by atoms with van der Waals surface area (Å²) in [6, 6.07) is 0. The maximum atomic E-state index is 13.9. The van der Waals surface area contributed by atoms with Crippen molar-refractivity contribution in [3.05, 3.63) is 45.5 Å². The first-order valence-electron chi connectivity index (χ1n) is 7.63. The molecule has 0 heterocycles. The molecule has 0 amide bonds. The summed E-state index contributed by atoms with van der Waals surface area (Å²) in [5.41, 5.74) is -2.70. The SMILES string of the molecule is Cc1c(F)c(F)c(F)c(COC(=O)C2C(C=C(Cl)C(F)(F)F)C2(C)C)c1F. The molecule has 1 aliphatic carbocycles. The lowest BCUT2D eigenvalue weighted by atomic mass is 10.1. The van der Waals surface area contributed by atoms with Crippen molar-refractivity contribution < 1.29 is 40.3 Å². The van der Waals surface area contributed by atoms with Gasteiger partial charge in [0, 0.05) is 5.56 Å². The lowest BCUT2D eigenvalue weighted by molar-refractivity contribution is -0.147. The molecule has 1 aromatic carbocycles. The molecule has 1 fully saturated rings. The number of rotatable bonds is 4. The van der Waals surface area contributed by atoms with Crippen molar-refractivity contribution in [1.29, 1.82) is 0 Å². The molecule has 0 saturated heterocycles. The number of benzene rings is 1. The van der Waals surface area contributed by atoms with Gasteiger partial charge in [-0.1, -0.05) is 31.5 Å². The summed E-state index contributed by atoms with van der Waals surface area (Å²) in [6.45, 7) is 2.82. The van der Waals surface area contributed by atoms with E-state index in [0.717, 1.165) is 6.92 Å². The summed E-state index contributed by atoms with van der Waals surface area (Å²) < 4.78 is 96.6. The Morgan fingerprint density at radius 2 is 1.67 bits per heavy atom. The molecule has 0 aliphatic heterocycles. The van der Waals surface area contributed by atoms with Gasteiger partial charge in [-0.3, -0.25) is 4.79 Å². The first-order valence-corrected chi connectivity index (χ1v) is 8.01. The van der Waals surface area contributed by atoms with Gasteiger partial charge >= 0.3 is 12.1 Å². The molecule has 27 heavy (non-hydrogen) atoms. The van der Waals surface area contributed by atoms with E-state index < -0.39 is 75.4 Å². The highest BCUT2D eigenvalue weighted by Crippen LogP contribution is 2.60. The molecular formula is C17H14ClF7O2. The van der Waals surface area contributed by atoms with Crippen LogP contribution in [0.25, 0.3) is 0 Å². The summed E-state index contributed by atoms with van der Waals surface area (Å²) in [6.07, 6.45) is -4.10. The zero-order valence-corrected chi connectivity index (χ0v) is 15.0. The van der Waals surface area contributed by atoms with Crippen LogP contribution in [0.15, 0.2) is 11.1 Å². The third-order valence-electron chi connectivity index (χ3n) is 4.69. The van der Waals surface area contributed by atoms with Crippen molar-refractivity contribution in [2.24, 2.45) is 17.3 Å². The van der Waals surface area contributed by atoms with Crippen LogP contribution in [-0.4, -0.2) is 12.1 Å². The molecule has 0 N–H and O–H groups in total. The number of carbonyl (C=O) groups excluding carboxylic acids is 1. The topological polar surface area (TPSA) is 26.3 Å². The highest BCUT2D eigenvalue weighted by Gasteiger charge is 2.62. The van der Waals surface area contributed by atoms with Crippen LogP contribution in [0.1, 0.15) is 25.0 Å². The lowest BCUT2D eigenvalue weighted by Gasteiger charge is -2.11. The fourth-order valence-corrected chi connectivity index (χ4v) is 3.00. The number of halogens is 8. The molecule has 150 valence electrons. The predicted molar refractivity (Wildman–Crippen MR) is 81.6 cm³/mol. The minimum absolute atomic E-state index is 0.677. The first-order chi connectivity index (χ1) is 12.2. The second-order valence-electron chi connectivity index (χ2n) is 6.80. The van der Waals surface area contributed by atoms with Gasteiger partial charge < -0.3 is 4.74 Å². The number of ether oxygens (including phenoxy) is 1. The Labute approximate surface area is 154 Å². The van der Waals surface area contributed by atoms with Crippen molar-refractivity contribution >= 4 is 17.6 Å². The van der Waals surface area contributed by atoms with Crippen molar-refractivity contribution in [2.75, 3.05) is 0 Å². The number of alkyl halides is 3. The van der Waals surface area contributed by atoms with Crippen LogP contribution in [0.5, 0.6) is 0 Å². The van der Waals surface area contributed by atoms with E-state index in [1.807, 2.05) is 0 Å². The van der Waals surface area contributed by atoms with E-state index in [-0.39, 0.29) is 0 Å². The fraction of sp³-hybridized carbons (Fsp3) is 0.471. The molecule has 0 bridgehead atoms. The number of carbonyl (C=O) groups is 1. The molecule has 1 aliphatic rings. The van der Waals surface area contributed by atoms with Gasteiger partial charge in [-0.15, -0.1) is 0 Å². The van der Waals surface area contributed by atoms with Crippen LogP contribution in [-0.2, 0) is 16.1 Å². The van der Waals surface area contributed by atoms with E-state index in [4.69, 9.17) is 16.3 Å². The Morgan fingerprint density at radius 3 is 2.19 bits per heavy atom. The van der Waals surface area contributed by atoms with Crippen LogP contribution in [0.2, 0.25) is 0 Å². The second-order valence-corrected chi connectivity index (χ2v) is 7.21. The standard InChI is InChI=1S/C17H14ClF7O2/c1-6-11(19)7(13(21)14(22)12(6)20)5-27-15(26)10-8(16(10,2)3)4-9(18)17(23,24)25/h4,8,10H,5H2,1-3H3. The third-order valence-corrected chi connectivity index (χ3v) is 5.03. The zero-order valence-electron chi connectivity index (χ0n) is 14.3. The number of hydrogen-bond acceptors (Lipinski definition) is 2. The maximum absolute atomic E-state index is 13.9. The van der Waals surface area contributed by atoms with Gasteiger partial charge in [-0.05, 0) is 18.3 Å². The number of hydrogen-bond donors (Lipinski definition) is 0. The van der Waals surface area contributed by atoms with Gasteiger partial charge in [0.25, 0.3) is 0 Å². The van der Waals surface area contributed by atoms with E-state index in [2.05, 4.69) is 0 Å². The molecule has 2 atom stereocenters. The summed E-state index contributed by atoms with van der Waals surface area (Å²) in [5.74, 6) is -9.83. The average Bonchev–Trinajstić information content (AvgIpc) is 3.10. The fourth-order valence-electron chi connectivity index (χ4n) is 2.86. The largest absolute Gasteiger partial charge is 0.460 e. The monoisotopic (exact) mass is 418 g/mol. The van der Waals surface area contributed by atoms with Crippen LogP contribution in [0, 0.1) is 47.4 Å². The quantitative estimate of drug-likeness (QED) is 0.277. The van der Waals surface area contributed by atoms with Crippen LogP contribution < -0.4 is 0 Å². The predicted octanol–water partition coefficient (Wildman–Crippen LogP) is 5.55. The Balaban J connectivity index is 2.16. The smallest absolute Gasteiger partial charge is 0.426 e. The van der Waals surface area contributed by atoms with Crippen LogP contribution in [0.3, 0.4) is 0 Å². The summed E-state index contributed by atoms with van der Waals surface area (Å²) in [4.78, 5) is 12.1. The second kappa shape index (κ2) is 7.00. The first kappa shape index (κ1) is 21.5. The van der Waals surface area contributed by atoms with Crippen molar-refractivity contribution in [3.63, 3.8) is 0 Å². The molecule has 0 radical (unpaired) electrons. The van der Waals surface area contributed by atoms with E-state index in [1.54, 1.807) is 0 Å². The van der Waals surface area contributed by atoms with Gasteiger partial charge in [0.1, 0.15) is 17.5 Å². The van der Waals surface area contributed by atoms with Gasteiger partial charge in [-0.25, -0.2) is 17.6 Å². The lowest BCUT2D eigenvalue weighted by Crippen LogP contribution is -2.14. The van der Waals surface area contributed by atoms with E-state index in [1.165, 1.54) is 13.8 Å². The Kier molecular flexibility index (Phi) is 5.58. The van der Waals surface area contributed by atoms with Crippen molar-refractivity contribution in [3.8, 4) is 0 Å². The summed E-state index contributed by atoms with van der Waals surface area (Å²) in [5, 5.41) is -1.40. The average molecular weight is 419 g/mol. The van der Waals surface area contributed by atoms with Crippen molar-refractivity contribution in [1.82, 2.24) is 0 Å². The minimum atomic E-state index is -4.77. The third kappa shape index (κ3) is 3.93. The highest BCUT2D eigenvalue weighted by atomic mass is 35.5. The molecule has 1 saturated carbocycles. The van der Waals surface area contributed by atoms with E-state index >= 15 is 0 Å². The van der Waals surface area contributed by atoms with E-state index in [0.29, 0.717) is 6.08 Å². The number of esters is 1. The highest BCUT2D eigenvalue weighted by molar-refractivity contribution is 6.30. The van der Waals surface area contributed by atoms with Gasteiger partial charge in [-0.2, -0.15) is 13.2 Å². The molecule has 1 aromatic rings. The van der Waals surface area contributed by atoms with Gasteiger partial charge in [0.05, 0.1) is 11.5 Å². The molecular weight excluding hydrogens is 405 g/mol. The maximum Gasteiger partial charge on any atom is 0.426 e. The molecule has 0 spiro atoms. The number of allylic oxidation sites excluding steroid dienone is 2. The van der Waals surface area contributed by atoms with Gasteiger partial charge in [0.15, 0.2) is 17.5 Å². The van der Waals surface area contributed by atoms with Crippen LogP contribution in [0.4, 0.5) is 30.7 Å².